The van der Waals surface area contributed by atoms with Gasteiger partial charge in [-0.25, -0.2) is 0 Å². The van der Waals surface area contributed by atoms with Crippen LogP contribution in [0.15, 0.2) is 36.4 Å². The van der Waals surface area contributed by atoms with Gasteiger partial charge in [0.2, 0.25) is 5.91 Å². The number of benzene rings is 1. The Labute approximate surface area is 108 Å². The molecule has 1 aliphatic heterocycles. The van der Waals surface area contributed by atoms with Crippen LogP contribution in [-0.2, 0) is 4.79 Å². The first-order valence-electron chi connectivity index (χ1n) is 6.37. The largest absolute Gasteiger partial charge is 0.394 e. The van der Waals surface area contributed by atoms with Crippen LogP contribution in [0.3, 0.4) is 0 Å². The topological polar surface area (TPSA) is 40.5 Å². The third kappa shape index (κ3) is 2.79. The van der Waals surface area contributed by atoms with Crippen LogP contribution < -0.4 is 0 Å². The van der Waals surface area contributed by atoms with Crippen LogP contribution >= 0.6 is 0 Å². The molecule has 1 aromatic rings. The lowest BCUT2D eigenvalue weighted by Gasteiger charge is -2.21. The number of aliphatic hydroxyl groups is 1. The van der Waals surface area contributed by atoms with E-state index in [2.05, 4.69) is 0 Å². The highest BCUT2D eigenvalue weighted by atomic mass is 16.3. The predicted octanol–water partition coefficient (Wildman–Crippen LogP) is 2.07. The summed E-state index contributed by atoms with van der Waals surface area (Å²) >= 11 is 0. The Hall–Kier alpha value is -1.61. The number of hydrogen-bond donors (Lipinski definition) is 1. The molecule has 1 saturated heterocycles. The van der Waals surface area contributed by atoms with Gasteiger partial charge < -0.3 is 10.0 Å². The fraction of sp³-hybridized carbons (Fsp3) is 0.400. The SMILES string of the molecule is C/C(=C/C(=O)N1CCCC1CO)c1ccccc1. The molecule has 1 heterocycles. The molecule has 2 rings (SSSR count). The van der Waals surface area contributed by atoms with E-state index in [-0.39, 0.29) is 18.6 Å². The Bertz CT molecular complexity index is 439. The van der Waals surface area contributed by atoms with E-state index in [1.54, 1.807) is 11.0 Å². The Morgan fingerprint density at radius 3 is 2.83 bits per heavy atom. The van der Waals surface area contributed by atoms with E-state index >= 15 is 0 Å². The monoisotopic (exact) mass is 245 g/mol. The summed E-state index contributed by atoms with van der Waals surface area (Å²) in [5, 5.41) is 9.22. The van der Waals surface area contributed by atoms with Crippen LogP contribution in [0.25, 0.3) is 5.57 Å². The second kappa shape index (κ2) is 5.83. The first-order chi connectivity index (χ1) is 8.72. The molecule has 1 amide bonds. The van der Waals surface area contributed by atoms with Gasteiger partial charge in [0.15, 0.2) is 0 Å². The summed E-state index contributed by atoms with van der Waals surface area (Å²) in [7, 11) is 0. The molecule has 0 radical (unpaired) electrons. The Balaban J connectivity index is 2.10. The minimum atomic E-state index is -0.00248. The molecule has 1 aliphatic rings. The molecule has 1 fully saturated rings. The molecule has 96 valence electrons. The number of likely N-dealkylation sites (tertiary alicyclic amines) is 1. The van der Waals surface area contributed by atoms with Crippen molar-refractivity contribution in [2.45, 2.75) is 25.8 Å². The van der Waals surface area contributed by atoms with Gasteiger partial charge in [0, 0.05) is 12.6 Å². The number of carbonyl (C=O) groups excluding carboxylic acids is 1. The van der Waals surface area contributed by atoms with Gasteiger partial charge in [-0.05, 0) is 30.9 Å². The molecule has 0 bridgehead atoms. The van der Waals surface area contributed by atoms with Gasteiger partial charge in [-0.3, -0.25) is 4.79 Å². The zero-order chi connectivity index (χ0) is 13.0. The fourth-order valence-electron chi connectivity index (χ4n) is 2.37. The molecule has 1 aromatic carbocycles. The molecule has 18 heavy (non-hydrogen) atoms. The zero-order valence-corrected chi connectivity index (χ0v) is 10.7. The Kier molecular flexibility index (Phi) is 4.15. The minimum Gasteiger partial charge on any atom is -0.394 e. The van der Waals surface area contributed by atoms with Crippen molar-refractivity contribution < 1.29 is 9.90 Å². The highest BCUT2D eigenvalue weighted by Gasteiger charge is 2.26. The highest BCUT2D eigenvalue weighted by molar-refractivity contribution is 5.95. The summed E-state index contributed by atoms with van der Waals surface area (Å²) in [6.45, 7) is 2.75. The van der Waals surface area contributed by atoms with E-state index in [0.717, 1.165) is 30.5 Å². The molecule has 0 aromatic heterocycles. The van der Waals surface area contributed by atoms with Gasteiger partial charge in [0.1, 0.15) is 0 Å². The first kappa shape index (κ1) is 12.8. The molecule has 3 nitrogen and oxygen atoms in total. The maximum atomic E-state index is 12.1. The summed E-state index contributed by atoms with van der Waals surface area (Å²) in [6, 6.07) is 9.87. The molecule has 1 N–H and O–H groups in total. The molecule has 1 unspecified atom stereocenters. The van der Waals surface area contributed by atoms with Crippen molar-refractivity contribution in [3.63, 3.8) is 0 Å². The summed E-state index contributed by atoms with van der Waals surface area (Å²) in [6.07, 6.45) is 3.55. The smallest absolute Gasteiger partial charge is 0.247 e. The van der Waals surface area contributed by atoms with Crippen LogP contribution in [0.4, 0.5) is 0 Å². The van der Waals surface area contributed by atoms with Gasteiger partial charge in [-0.2, -0.15) is 0 Å². The van der Waals surface area contributed by atoms with E-state index in [1.807, 2.05) is 37.3 Å². The average Bonchev–Trinajstić information content (AvgIpc) is 2.88. The first-order valence-corrected chi connectivity index (χ1v) is 6.37. The summed E-state index contributed by atoms with van der Waals surface area (Å²) in [4.78, 5) is 13.9. The molecular weight excluding hydrogens is 226 g/mol. The number of allylic oxidation sites excluding steroid dienone is 1. The Morgan fingerprint density at radius 1 is 1.44 bits per heavy atom. The number of amides is 1. The van der Waals surface area contributed by atoms with Crippen LogP contribution in [0, 0.1) is 0 Å². The van der Waals surface area contributed by atoms with Gasteiger partial charge >= 0.3 is 0 Å². The summed E-state index contributed by atoms with van der Waals surface area (Å²) < 4.78 is 0. The lowest BCUT2D eigenvalue weighted by molar-refractivity contribution is -0.127. The van der Waals surface area contributed by atoms with Crippen molar-refractivity contribution >= 4 is 11.5 Å². The van der Waals surface area contributed by atoms with Crippen molar-refractivity contribution in [2.24, 2.45) is 0 Å². The van der Waals surface area contributed by atoms with Crippen molar-refractivity contribution in [2.75, 3.05) is 13.2 Å². The van der Waals surface area contributed by atoms with Crippen molar-refractivity contribution in [3.05, 3.63) is 42.0 Å². The van der Waals surface area contributed by atoms with Gasteiger partial charge in [-0.15, -0.1) is 0 Å². The van der Waals surface area contributed by atoms with Crippen LogP contribution in [-0.4, -0.2) is 35.1 Å². The van der Waals surface area contributed by atoms with Gasteiger partial charge in [0.25, 0.3) is 0 Å². The molecule has 0 aliphatic carbocycles. The standard InChI is InChI=1S/C15H19NO2/c1-12(13-6-3-2-4-7-13)10-15(18)16-9-5-8-14(16)11-17/h2-4,6-7,10,14,17H,5,8-9,11H2,1H3/b12-10-. The van der Waals surface area contributed by atoms with Crippen molar-refractivity contribution in [1.82, 2.24) is 4.90 Å². The second-order valence-electron chi connectivity index (χ2n) is 4.70. The van der Waals surface area contributed by atoms with E-state index in [0.29, 0.717) is 0 Å². The third-order valence-electron chi connectivity index (χ3n) is 3.44. The number of aliphatic hydroxyl groups excluding tert-OH is 1. The van der Waals surface area contributed by atoms with Crippen LogP contribution in [0.2, 0.25) is 0 Å². The predicted molar refractivity (Wildman–Crippen MR) is 71.9 cm³/mol. The lowest BCUT2D eigenvalue weighted by Crippen LogP contribution is -2.36. The average molecular weight is 245 g/mol. The van der Waals surface area contributed by atoms with E-state index in [1.165, 1.54) is 0 Å². The quantitative estimate of drug-likeness (QED) is 0.828. The Morgan fingerprint density at radius 2 is 2.17 bits per heavy atom. The number of rotatable bonds is 3. The lowest BCUT2D eigenvalue weighted by atomic mass is 10.1. The fourth-order valence-corrected chi connectivity index (χ4v) is 2.37. The van der Waals surface area contributed by atoms with E-state index < -0.39 is 0 Å². The van der Waals surface area contributed by atoms with E-state index in [4.69, 9.17) is 0 Å². The van der Waals surface area contributed by atoms with Gasteiger partial charge in [-0.1, -0.05) is 30.3 Å². The third-order valence-corrected chi connectivity index (χ3v) is 3.44. The van der Waals surface area contributed by atoms with E-state index in [9.17, 15) is 9.90 Å². The van der Waals surface area contributed by atoms with Crippen molar-refractivity contribution in [1.29, 1.82) is 0 Å². The number of nitrogens with zero attached hydrogens (tertiary/aromatic N) is 1. The normalized spacial score (nSPS) is 20.2. The molecule has 0 saturated carbocycles. The molecular formula is C15H19NO2. The summed E-state index contributed by atoms with van der Waals surface area (Å²) in [5.74, 6) is 0.00732. The maximum absolute atomic E-state index is 12.1. The second-order valence-corrected chi connectivity index (χ2v) is 4.70. The van der Waals surface area contributed by atoms with Crippen molar-refractivity contribution in [3.8, 4) is 0 Å². The highest BCUT2D eigenvalue weighted by Crippen LogP contribution is 2.19. The maximum Gasteiger partial charge on any atom is 0.247 e. The zero-order valence-electron chi connectivity index (χ0n) is 10.7. The molecule has 1 atom stereocenters. The van der Waals surface area contributed by atoms with Crippen LogP contribution in [0.5, 0.6) is 0 Å². The molecule has 0 spiro atoms. The minimum absolute atomic E-state index is 0.00248. The van der Waals surface area contributed by atoms with Crippen LogP contribution in [0.1, 0.15) is 25.3 Å². The van der Waals surface area contributed by atoms with Gasteiger partial charge in [0.05, 0.1) is 12.6 Å². The molecule has 3 heteroatoms. The summed E-state index contributed by atoms with van der Waals surface area (Å²) in [5.41, 5.74) is 2.02. The number of carbonyl (C=O) groups is 1. The number of hydrogen-bond acceptors (Lipinski definition) is 2.